The Morgan fingerprint density at radius 1 is 1.14 bits per heavy atom. The molecule has 21 heavy (non-hydrogen) atoms. The summed E-state index contributed by atoms with van der Waals surface area (Å²) in [6.07, 6.45) is 6.39. The molecule has 0 radical (unpaired) electrons. The number of ether oxygens (including phenoxy) is 1. The lowest BCUT2D eigenvalue weighted by Crippen LogP contribution is -2.40. The van der Waals surface area contributed by atoms with Crippen molar-refractivity contribution in [1.29, 1.82) is 0 Å². The van der Waals surface area contributed by atoms with Gasteiger partial charge in [0.15, 0.2) is 0 Å². The second kappa shape index (κ2) is 8.43. The molecule has 0 amide bonds. The maximum Gasteiger partial charge on any atom is 0.119 e. The summed E-state index contributed by atoms with van der Waals surface area (Å²) in [7, 11) is 0. The first-order chi connectivity index (χ1) is 10.2. The van der Waals surface area contributed by atoms with Crippen molar-refractivity contribution in [1.82, 2.24) is 5.32 Å². The summed E-state index contributed by atoms with van der Waals surface area (Å²) in [5, 5.41) is 3.75. The van der Waals surface area contributed by atoms with Crippen molar-refractivity contribution in [2.45, 2.75) is 65.5 Å². The summed E-state index contributed by atoms with van der Waals surface area (Å²) in [5.41, 5.74) is 1.35. The second-order valence-electron chi connectivity index (χ2n) is 6.60. The normalized spacial score (nSPS) is 25.8. The lowest BCUT2D eigenvalue weighted by molar-refractivity contribution is 0.206. The highest BCUT2D eigenvalue weighted by Crippen LogP contribution is 2.29. The molecule has 1 aliphatic carbocycles. The van der Waals surface area contributed by atoms with Crippen LogP contribution in [0.1, 0.15) is 58.4 Å². The van der Waals surface area contributed by atoms with Crippen LogP contribution in [0.15, 0.2) is 24.3 Å². The molecule has 118 valence electrons. The molecule has 0 spiro atoms. The van der Waals surface area contributed by atoms with Gasteiger partial charge in [-0.3, -0.25) is 0 Å². The van der Waals surface area contributed by atoms with Crippen LogP contribution in [0, 0.1) is 11.8 Å². The first kappa shape index (κ1) is 16.4. The minimum absolute atomic E-state index is 0.675. The lowest BCUT2D eigenvalue weighted by atomic mass is 9.78. The van der Waals surface area contributed by atoms with Crippen molar-refractivity contribution in [2.24, 2.45) is 11.8 Å². The molecule has 1 fully saturated rings. The van der Waals surface area contributed by atoms with E-state index in [1.54, 1.807) is 0 Å². The zero-order chi connectivity index (χ0) is 15.1. The highest BCUT2D eigenvalue weighted by Gasteiger charge is 2.26. The van der Waals surface area contributed by atoms with Gasteiger partial charge in [0.05, 0.1) is 6.61 Å². The average Bonchev–Trinajstić information content (AvgIpc) is 2.50. The fourth-order valence-corrected chi connectivity index (χ4v) is 3.16. The largest absolute Gasteiger partial charge is 0.494 e. The van der Waals surface area contributed by atoms with Crippen LogP contribution in [0.5, 0.6) is 5.75 Å². The van der Waals surface area contributed by atoms with Gasteiger partial charge in [-0.2, -0.15) is 0 Å². The third-order valence-corrected chi connectivity index (χ3v) is 4.97. The van der Waals surface area contributed by atoms with Crippen molar-refractivity contribution in [2.75, 3.05) is 6.61 Å². The molecule has 1 aliphatic rings. The molecule has 3 atom stereocenters. The monoisotopic (exact) mass is 289 g/mol. The topological polar surface area (TPSA) is 21.3 Å². The standard InChI is InChI=1S/C19H31NO/c1-4-5-13-21-18-11-9-17(10-12-18)14-20-19-8-6-7-15(2)16(19)3/h9-12,15-16,19-20H,4-8,13-14H2,1-3H3. The van der Waals surface area contributed by atoms with Crippen LogP contribution in [0.2, 0.25) is 0 Å². The van der Waals surface area contributed by atoms with Gasteiger partial charge in [-0.1, -0.05) is 52.2 Å². The molecule has 3 unspecified atom stereocenters. The van der Waals surface area contributed by atoms with E-state index in [2.05, 4.69) is 50.4 Å². The van der Waals surface area contributed by atoms with Gasteiger partial charge in [0.25, 0.3) is 0 Å². The number of rotatable bonds is 7. The molecule has 0 heterocycles. The maximum atomic E-state index is 5.71. The Morgan fingerprint density at radius 2 is 1.90 bits per heavy atom. The Kier molecular flexibility index (Phi) is 6.56. The fourth-order valence-electron chi connectivity index (χ4n) is 3.16. The van der Waals surface area contributed by atoms with Crippen LogP contribution in [-0.2, 0) is 6.54 Å². The molecule has 0 aliphatic heterocycles. The summed E-state index contributed by atoms with van der Waals surface area (Å²) in [6, 6.07) is 9.24. The van der Waals surface area contributed by atoms with Crippen LogP contribution in [0.4, 0.5) is 0 Å². The molecule has 2 heteroatoms. The summed E-state index contributed by atoms with van der Waals surface area (Å²) in [4.78, 5) is 0. The summed E-state index contributed by atoms with van der Waals surface area (Å²) in [5.74, 6) is 2.63. The van der Waals surface area contributed by atoms with Crippen molar-refractivity contribution in [3.05, 3.63) is 29.8 Å². The molecule has 0 bridgehead atoms. The van der Waals surface area contributed by atoms with E-state index in [0.717, 1.165) is 37.2 Å². The summed E-state index contributed by atoms with van der Waals surface area (Å²) in [6.45, 7) is 8.76. The third-order valence-electron chi connectivity index (χ3n) is 4.97. The van der Waals surface area contributed by atoms with Crippen LogP contribution >= 0.6 is 0 Å². The molecule has 0 aromatic heterocycles. The number of hydrogen-bond donors (Lipinski definition) is 1. The zero-order valence-corrected chi connectivity index (χ0v) is 13.9. The quantitative estimate of drug-likeness (QED) is 0.729. The predicted molar refractivity (Wildman–Crippen MR) is 89.7 cm³/mol. The molecule has 2 nitrogen and oxygen atoms in total. The first-order valence-electron chi connectivity index (χ1n) is 8.65. The van der Waals surface area contributed by atoms with E-state index in [1.165, 1.54) is 31.2 Å². The fraction of sp³-hybridized carbons (Fsp3) is 0.684. The lowest BCUT2D eigenvalue weighted by Gasteiger charge is -2.34. The molecular weight excluding hydrogens is 258 g/mol. The van der Waals surface area contributed by atoms with Crippen molar-refractivity contribution < 1.29 is 4.74 Å². The molecular formula is C19H31NO. The molecule has 1 saturated carbocycles. The molecule has 1 aromatic carbocycles. The van der Waals surface area contributed by atoms with E-state index < -0.39 is 0 Å². The van der Waals surface area contributed by atoms with E-state index >= 15 is 0 Å². The Bertz CT molecular complexity index is 401. The molecule has 1 N–H and O–H groups in total. The van der Waals surface area contributed by atoms with E-state index in [4.69, 9.17) is 4.74 Å². The Labute approximate surface area is 130 Å². The van der Waals surface area contributed by atoms with Crippen LogP contribution in [-0.4, -0.2) is 12.6 Å². The minimum Gasteiger partial charge on any atom is -0.494 e. The first-order valence-corrected chi connectivity index (χ1v) is 8.65. The number of nitrogens with one attached hydrogen (secondary N) is 1. The van der Waals surface area contributed by atoms with Crippen molar-refractivity contribution >= 4 is 0 Å². The highest BCUT2D eigenvalue weighted by molar-refractivity contribution is 5.27. The van der Waals surface area contributed by atoms with E-state index in [1.807, 2.05) is 0 Å². The Hall–Kier alpha value is -1.02. The molecule has 1 aromatic rings. The summed E-state index contributed by atoms with van der Waals surface area (Å²) >= 11 is 0. The van der Waals surface area contributed by atoms with Crippen molar-refractivity contribution in [3.8, 4) is 5.75 Å². The van der Waals surface area contributed by atoms with E-state index in [-0.39, 0.29) is 0 Å². The number of benzene rings is 1. The average molecular weight is 289 g/mol. The van der Waals surface area contributed by atoms with Gasteiger partial charge in [0, 0.05) is 12.6 Å². The van der Waals surface area contributed by atoms with Gasteiger partial charge in [0.2, 0.25) is 0 Å². The molecule has 0 saturated heterocycles. The number of unbranched alkanes of at least 4 members (excludes halogenated alkanes) is 1. The van der Waals surface area contributed by atoms with Gasteiger partial charge in [-0.15, -0.1) is 0 Å². The van der Waals surface area contributed by atoms with Gasteiger partial charge < -0.3 is 10.1 Å². The third kappa shape index (κ3) is 5.03. The summed E-state index contributed by atoms with van der Waals surface area (Å²) < 4.78 is 5.71. The SMILES string of the molecule is CCCCOc1ccc(CNC2CCCC(C)C2C)cc1. The molecule has 2 rings (SSSR count). The second-order valence-corrected chi connectivity index (χ2v) is 6.60. The van der Waals surface area contributed by atoms with E-state index in [9.17, 15) is 0 Å². The Balaban J connectivity index is 1.78. The minimum atomic E-state index is 0.675. The van der Waals surface area contributed by atoms with Crippen LogP contribution < -0.4 is 10.1 Å². The number of hydrogen-bond acceptors (Lipinski definition) is 2. The van der Waals surface area contributed by atoms with Gasteiger partial charge in [-0.05, 0) is 42.4 Å². The Morgan fingerprint density at radius 3 is 2.62 bits per heavy atom. The van der Waals surface area contributed by atoms with Crippen LogP contribution in [0.25, 0.3) is 0 Å². The van der Waals surface area contributed by atoms with Gasteiger partial charge >= 0.3 is 0 Å². The smallest absolute Gasteiger partial charge is 0.119 e. The highest BCUT2D eigenvalue weighted by atomic mass is 16.5. The van der Waals surface area contributed by atoms with Crippen LogP contribution in [0.3, 0.4) is 0 Å². The maximum absolute atomic E-state index is 5.71. The van der Waals surface area contributed by atoms with Gasteiger partial charge in [-0.25, -0.2) is 0 Å². The zero-order valence-electron chi connectivity index (χ0n) is 13.9. The van der Waals surface area contributed by atoms with Crippen molar-refractivity contribution in [3.63, 3.8) is 0 Å². The van der Waals surface area contributed by atoms with E-state index in [0.29, 0.717) is 6.04 Å². The van der Waals surface area contributed by atoms with Gasteiger partial charge in [0.1, 0.15) is 5.75 Å². The predicted octanol–water partition coefficient (Wildman–Crippen LogP) is 4.78.